The Hall–Kier alpha value is -2.83. The molecule has 0 aliphatic carbocycles. The number of imide groups is 1. The largest absolute Gasteiger partial charge is 0.484 e. The molecule has 1 aliphatic heterocycles. The number of fused-ring (bicyclic) bond motifs is 1. The van der Waals surface area contributed by atoms with Gasteiger partial charge in [-0.25, -0.2) is 9.59 Å². The molecule has 0 unspecified atom stereocenters. The Morgan fingerprint density at radius 1 is 1.36 bits per heavy atom. The summed E-state index contributed by atoms with van der Waals surface area (Å²) in [6.07, 6.45) is 0. The molecule has 0 atom stereocenters. The number of carbonyl (C=O) groups excluding carboxylic acids is 2. The minimum atomic E-state index is -0.438. The molecule has 3 amide bonds. The van der Waals surface area contributed by atoms with Gasteiger partial charge in [0.05, 0.1) is 0 Å². The molecule has 2 aromatic rings. The molecule has 1 aliphatic rings. The maximum atomic E-state index is 11.9. The fraction of sp³-hybridized carbons (Fsp3) is 0.267. The zero-order valence-corrected chi connectivity index (χ0v) is 11.9. The Bertz CT molecular complexity index is 811. The van der Waals surface area contributed by atoms with Crippen molar-refractivity contribution in [3.8, 4) is 5.75 Å². The number of nitrogens with zero attached hydrogens (tertiary/aromatic N) is 1. The zero-order valence-electron chi connectivity index (χ0n) is 11.9. The van der Waals surface area contributed by atoms with Gasteiger partial charge in [-0.15, -0.1) is 0 Å². The summed E-state index contributed by atoms with van der Waals surface area (Å²) < 4.78 is 10.5. The first-order valence-electron chi connectivity index (χ1n) is 6.80. The van der Waals surface area contributed by atoms with Crippen molar-refractivity contribution in [2.45, 2.75) is 6.92 Å². The number of ether oxygens (including phenoxy) is 1. The highest BCUT2D eigenvalue weighted by Crippen LogP contribution is 2.22. The summed E-state index contributed by atoms with van der Waals surface area (Å²) in [4.78, 5) is 35.7. The van der Waals surface area contributed by atoms with Gasteiger partial charge in [-0.3, -0.25) is 9.69 Å². The highest BCUT2D eigenvalue weighted by Gasteiger charge is 2.26. The minimum absolute atomic E-state index is 0.255. The average molecular weight is 302 g/mol. The van der Waals surface area contributed by atoms with Crippen LogP contribution in [0.25, 0.3) is 11.0 Å². The Balaban J connectivity index is 1.75. The van der Waals surface area contributed by atoms with E-state index in [4.69, 9.17) is 9.15 Å². The van der Waals surface area contributed by atoms with Gasteiger partial charge < -0.3 is 14.5 Å². The Morgan fingerprint density at radius 2 is 2.18 bits per heavy atom. The van der Waals surface area contributed by atoms with E-state index in [0.717, 1.165) is 15.8 Å². The third kappa shape index (κ3) is 2.65. The van der Waals surface area contributed by atoms with Crippen molar-refractivity contribution in [3.63, 3.8) is 0 Å². The highest BCUT2D eigenvalue weighted by atomic mass is 16.5. The molecular weight excluding hydrogens is 288 g/mol. The summed E-state index contributed by atoms with van der Waals surface area (Å²) in [5, 5.41) is 3.35. The van der Waals surface area contributed by atoms with Crippen LogP contribution >= 0.6 is 0 Å². The van der Waals surface area contributed by atoms with Crippen molar-refractivity contribution in [1.29, 1.82) is 0 Å². The number of hydrogen-bond acceptors (Lipinski definition) is 5. The molecular formula is C15H14N2O5. The maximum absolute atomic E-state index is 11.9. The summed E-state index contributed by atoms with van der Waals surface area (Å²) >= 11 is 0. The molecule has 1 aromatic heterocycles. The van der Waals surface area contributed by atoms with Gasteiger partial charge >= 0.3 is 11.7 Å². The molecule has 22 heavy (non-hydrogen) atoms. The molecule has 0 spiro atoms. The van der Waals surface area contributed by atoms with Crippen molar-refractivity contribution >= 4 is 22.9 Å². The summed E-state index contributed by atoms with van der Waals surface area (Å²) in [6, 6.07) is 6.01. The monoisotopic (exact) mass is 302 g/mol. The first kappa shape index (κ1) is 14.1. The van der Waals surface area contributed by atoms with Crippen LogP contribution in [0.2, 0.25) is 0 Å². The van der Waals surface area contributed by atoms with Crippen LogP contribution in [-0.2, 0) is 4.79 Å². The highest BCUT2D eigenvalue weighted by molar-refractivity contribution is 5.96. The number of benzene rings is 1. The van der Waals surface area contributed by atoms with Gasteiger partial charge in [-0.2, -0.15) is 0 Å². The van der Waals surface area contributed by atoms with Crippen LogP contribution in [0, 0.1) is 6.92 Å². The van der Waals surface area contributed by atoms with Gasteiger partial charge in [0.15, 0.2) is 6.61 Å². The third-order valence-corrected chi connectivity index (χ3v) is 3.44. The van der Waals surface area contributed by atoms with E-state index in [1.807, 2.05) is 6.92 Å². The van der Waals surface area contributed by atoms with E-state index in [0.29, 0.717) is 24.4 Å². The van der Waals surface area contributed by atoms with E-state index in [1.54, 1.807) is 18.2 Å². The summed E-state index contributed by atoms with van der Waals surface area (Å²) in [5.41, 5.74) is 0.767. The quantitative estimate of drug-likeness (QED) is 0.855. The molecule has 1 fully saturated rings. The lowest BCUT2D eigenvalue weighted by Gasteiger charge is -2.13. The molecule has 1 aromatic carbocycles. The summed E-state index contributed by atoms with van der Waals surface area (Å²) in [6.45, 7) is 2.35. The van der Waals surface area contributed by atoms with Gasteiger partial charge in [-0.1, -0.05) is 0 Å². The molecule has 7 heteroatoms. The second kappa shape index (κ2) is 5.51. The van der Waals surface area contributed by atoms with Crippen molar-refractivity contribution in [1.82, 2.24) is 10.2 Å². The van der Waals surface area contributed by atoms with E-state index in [9.17, 15) is 14.4 Å². The van der Waals surface area contributed by atoms with E-state index >= 15 is 0 Å². The van der Waals surface area contributed by atoms with Crippen LogP contribution < -0.4 is 15.7 Å². The Kier molecular flexibility index (Phi) is 3.54. The second-order valence-electron chi connectivity index (χ2n) is 4.97. The molecule has 1 N–H and O–H groups in total. The molecule has 1 saturated heterocycles. The normalized spacial score (nSPS) is 14.2. The lowest BCUT2D eigenvalue weighted by Crippen LogP contribution is -2.37. The number of hydrogen-bond donors (Lipinski definition) is 1. The number of rotatable bonds is 3. The first-order valence-corrected chi connectivity index (χ1v) is 6.80. The van der Waals surface area contributed by atoms with Crippen molar-refractivity contribution < 1.29 is 18.7 Å². The van der Waals surface area contributed by atoms with Gasteiger partial charge in [0.2, 0.25) is 0 Å². The number of carbonyl (C=O) groups is 2. The van der Waals surface area contributed by atoms with Crippen LogP contribution in [0.4, 0.5) is 4.79 Å². The molecule has 2 heterocycles. The van der Waals surface area contributed by atoms with Gasteiger partial charge in [0.1, 0.15) is 11.3 Å². The third-order valence-electron chi connectivity index (χ3n) is 3.44. The SMILES string of the molecule is Cc1cc(=O)oc2cc(OCC(=O)N3CCNC3=O)ccc12. The molecule has 0 radical (unpaired) electrons. The maximum Gasteiger partial charge on any atom is 0.336 e. The smallest absolute Gasteiger partial charge is 0.336 e. The Morgan fingerprint density at radius 3 is 2.91 bits per heavy atom. The number of amides is 3. The fourth-order valence-corrected chi connectivity index (χ4v) is 2.33. The van der Waals surface area contributed by atoms with E-state index in [-0.39, 0.29) is 6.61 Å². The predicted octanol–water partition coefficient (Wildman–Crippen LogP) is 1.03. The first-order chi connectivity index (χ1) is 10.5. The molecule has 114 valence electrons. The van der Waals surface area contributed by atoms with Crippen LogP contribution in [-0.4, -0.2) is 36.5 Å². The molecule has 3 rings (SSSR count). The predicted molar refractivity (Wildman–Crippen MR) is 77.8 cm³/mol. The van der Waals surface area contributed by atoms with E-state index < -0.39 is 17.6 Å². The topological polar surface area (TPSA) is 88.8 Å². The lowest BCUT2D eigenvalue weighted by molar-refractivity contribution is -0.129. The van der Waals surface area contributed by atoms with E-state index in [2.05, 4.69) is 5.32 Å². The second-order valence-corrected chi connectivity index (χ2v) is 4.97. The molecule has 7 nitrogen and oxygen atoms in total. The average Bonchev–Trinajstić information content (AvgIpc) is 2.90. The Labute approximate surface area is 125 Å². The van der Waals surface area contributed by atoms with Crippen molar-refractivity contribution in [2.75, 3.05) is 19.7 Å². The number of nitrogens with one attached hydrogen (secondary N) is 1. The lowest BCUT2D eigenvalue weighted by atomic mass is 10.1. The van der Waals surface area contributed by atoms with Gasteiger partial charge in [0, 0.05) is 30.6 Å². The van der Waals surface area contributed by atoms with Crippen LogP contribution in [0.1, 0.15) is 5.56 Å². The van der Waals surface area contributed by atoms with Crippen molar-refractivity contribution in [3.05, 3.63) is 40.2 Å². The minimum Gasteiger partial charge on any atom is -0.484 e. The van der Waals surface area contributed by atoms with Gasteiger partial charge in [-0.05, 0) is 24.6 Å². The van der Waals surface area contributed by atoms with Crippen LogP contribution in [0.3, 0.4) is 0 Å². The summed E-state index contributed by atoms with van der Waals surface area (Å²) in [5.74, 6) is -0.0185. The number of urea groups is 1. The molecule has 0 bridgehead atoms. The standard InChI is InChI=1S/C15H14N2O5/c1-9-6-14(19)22-12-7-10(2-3-11(9)12)21-8-13(18)17-5-4-16-15(17)20/h2-3,6-7H,4-5,8H2,1H3,(H,16,20). The van der Waals surface area contributed by atoms with Gasteiger partial charge in [0.25, 0.3) is 5.91 Å². The van der Waals surface area contributed by atoms with Crippen molar-refractivity contribution in [2.24, 2.45) is 0 Å². The van der Waals surface area contributed by atoms with Crippen LogP contribution in [0.5, 0.6) is 5.75 Å². The number of aryl methyl sites for hydroxylation is 1. The summed E-state index contributed by atoms with van der Waals surface area (Å²) in [7, 11) is 0. The molecule has 0 saturated carbocycles. The zero-order chi connectivity index (χ0) is 15.7. The van der Waals surface area contributed by atoms with Crippen LogP contribution in [0.15, 0.2) is 33.5 Å². The fourth-order valence-electron chi connectivity index (χ4n) is 2.33. The van der Waals surface area contributed by atoms with E-state index in [1.165, 1.54) is 6.07 Å².